The first-order valence-electron chi connectivity index (χ1n) is 6.67. The highest BCUT2D eigenvalue weighted by Gasteiger charge is 2.04. The number of rotatable bonds is 4. The van der Waals surface area contributed by atoms with Crippen molar-refractivity contribution in [2.75, 3.05) is 11.5 Å². The molecule has 0 aliphatic carbocycles. The van der Waals surface area contributed by atoms with Gasteiger partial charge in [0.2, 0.25) is 0 Å². The number of H-pyrrole nitrogens is 1. The van der Waals surface area contributed by atoms with Crippen molar-refractivity contribution in [3.05, 3.63) is 52.4 Å². The average molecular weight is 300 g/mol. The normalized spacial score (nSPS) is 11.1. The standard InChI is InChI=1S/C15H16N4OS/c1-10-2-4-12-13(8-10)18-15(17-12)21-7-6-19-9-11(16)3-5-14(19)20/h2-5,8-9H,6-7,16H2,1H3,(H,17,18). The largest absolute Gasteiger partial charge is 0.398 e. The molecule has 3 rings (SSSR count). The van der Waals surface area contributed by atoms with E-state index in [0.29, 0.717) is 12.2 Å². The zero-order valence-corrected chi connectivity index (χ0v) is 12.5. The molecule has 0 radical (unpaired) electrons. The quantitative estimate of drug-likeness (QED) is 0.725. The van der Waals surface area contributed by atoms with Crippen LogP contribution in [0.3, 0.4) is 0 Å². The highest BCUT2D eigenvalue weighted by atomic mass is 32.2. The first kappa shape index (κ1) is 13.8. The number of benzene rings is 1. The maximum Gasteiger partial charge on any atom is 0.250 e. The fourth-order valence-electron chi connectivity index (χ4n) is 2.13. The van der Waals surface area contributed by atoms with Crippen molar-refractivity contribution in [1.82, 2.24) is 14.5 Å². The Morgan fingerprint density at radius 2 is 2.19 bits per heavy atom. The fraction of sp³-hybridized carbons (Fsp3) is 0.200. The van der Waals surface area contributed by atoms with E-state index in [4.69, 9.17) is 5.73 Å². The molecule has 0 atom stereocenters. The Labute approximate surface area is 126 Å². The summed E-state index contributed by atoms with van der Waals surface area (Å²) in [5.41, 5.74) is 9.45. The van der Waals surface area contributed by atoms with Gasteiger partial charge in [-0.2, -0.15) is 0 Å². The molecule has 0 aliphatic rings. The Kier molecular flexibility index (Phi) is 3.70. The first-order valence-corrected chi connectivity index (χ1v) is 7.65. The summed E-state index contributed by atoms with van der Waals surface area (Å²) in [6.45, 7) is 2.66. The van der Waals surface area contributed by atoms with Gasteiger partial charge in [-0.05, 0) is 30.7 Å². The second-order valence-corrected chi connectivity index (χ2v) is 5.99. The third-order valence-electron chi connectivity index (χ3n) is 3.19. The van der Waals surface area contributed by atoms with Crippen LogP contribution in [0.15, 0.2) is 46.5 Å². The number of thioether (sulfide) groups is 1. The second kappa shape index (κ2) is 5.65. The molecule has 0 bridgehead atoms. The molecule has 3 aromatic rings. The van der Waals surface area contributed by atoms with Gasteiger partial charge in [0, 0.05) is 30.2 Å². The van der Waals surface area contributed by atoms with Gasteiger partial charge in [-0.1, -0.05) is 17.8 Å². The zero-order chi connectivity index (χ0) is 14.8. The summed E-state index contributed by atoms with van der Waals surface area (Å²) in [5.74, 6) is 0.752. The Bertz CT molecular complexity index is 837. The van der Waals surface area contributed by atoms with Gasteiger partial charge >= 0.3 is 0 Å². The Morgan fingerprint density at radius 1 is 1.33 bits per heavy atom. The summed E-state index contributed by atoms with van der Waals surface area (Å²) in [6.07, 6.45) is 1.67. The van der Waals surface area contributed by atoms with Gasteiger partial charge in [-0.25, -0.2) is 4.98 Å². The van der Waals surface area contributed by atoms with Crippen LogP contribution in [0, 0.1) is 6.92 Å². The van der Waals surface area contributed by atoms with Crippen LogP contribution >= 0.6 is 11.8 Å². The number of aromatic nitrogens is 3. The van der Waals surface area contributed by atoms with E-state index in [1.807, 2.05) is 12.1 Å². The number of aromatic amines is 1. The van der Waals surface area contributed by atoms with Crippen molar-refractivity contribution in [2.45, 2.75) is 18.6 Å². The number of hydrogen-bond acceptors (Lipinski definition) is 4. The van der Waals surface area contributed by atoms with Crippen LogP contribution in [0.1, 0.15) is 5.56 Å². The lowest BCUT2D eigenvalue weighted by Gasteiger charge is -2.04. The van der Waals surface area contributed by atoms with Crippen molar-refractivity contribution < 1.29 is 0 Å². The number of imidazole rings is 1. The highest BCUT2D eigenvalue weighted by molar-refractivity contribution is 7.99. The summed E-state index contributed by atoms with van der Waals surface area (Å²) in [7, 11) is 0. The summed E-state index contributed by atoms with van der Waals surface area (Å²) >= 11 is 1.59. The summed E-state index contributed by atoms with van der Waals surface area (Å²) in [4.78, 5) is 19.5. The first-order chi connectivity index (χ1) is 10.1. The molecule has 0 fully saturated rings. The second-order valence-electron chi connectivity index (χ2n) is 4.91. The molecule has 2 aromatic heterocycles. The van der Waals surface area contributed by atoms with Crippen molar-refractivity contribution in [2.24, 2.45) is 0 Å². The molecular weight excluding hydrogens is 284 g/mol. The third-order valence-corrected chi connectivity index (χ3v) is 4.05. The maximum atomic E-state index is 11.7. The van der Waals surface area contributed by atoms with Gasteiger partial charge in [0.05, 0.1) is 11.0 Å². The molecule has 108 valence electrons. The van der Waals surface area contributed by atoms with Crippen molar-refractivity contribution in [3.8, 4) is 0 Å². The van der Waals surface area contributed by atoms with E-state index in [1.54, 1.807) is 28.6 Å². The molecule has 1 aromatic carbocycles. The van der Waals surface area contributed by atoms with E-state index in [0.717, 1.165) is 21.9 Å². The molecule has 2 heterocycles. The van der Waals surface area contributed by atoms with E-state index in [9.17, 15) is 4.79 Å². The van der Waals surface area contributed by atoms with Crippen molar-refractivity contribution in [3.63, 3.8) is 0 Å². The van der Waals surface area contributed by atoms with Gasteiger partial charge in [0.25, 0.3) is 5.56 Å². The maximum absolute atomic E-state index is 11.7. The molecule has 3 N–H and O–H groups in total. The lowest BCUT2D eigenvalue weighted by molar-refractivity contribution is 0.736. The number of nitrogen functional groups attached to an aromatic ring is 1. The Balaban J connectivity index is 1.69. The van der Waals surface area contributed by atoms with E-state index < -0.39 is 0 Å². The van der Waals surface area contributed by atoms with Gasteiger partial charge in [-0.3, -0.25) is 4.79 Å². The molecule has 5 nitrogen and oxygen atoms in total. The average Bonchev–Trinajstić information content (AvgIpc) is 2.84. The van der Waals surface area contributed by atoms with Crippen LogP contribution in [0.5, 0.6) is 0 Å². The third kappa shape index (κ3) is 3.11. The van der Waals surface area contributed by atoms with Crippen LogP contribution in [0.4, 0.5) is 5.69 Å². The van der Waals surface area contributed by atoms with Gasteiger partial charge in [0.1, 0.15) is 0 Å². The summed E-state index contributed by atoms with van der Waals surface area (Å²) < 4.78 is 1.62. The smallest absolute Gasteiger partial charge is 0.250 e. The molecule has 0 saturated carbocycles. The number of aryl methyl sites for hydroxylation is 2. The van der Waals surface area contributed by atoms with E-state index in [1.165, 1.54) is 11.6 Å². The Morgan fingerprint density at radius 3 is 3.05 bits per heavy atom. The van der Waals surface area contributed by atoms with E-state index >= 15 is 0 Å². The zero-order valence-electron chi connectivity index (χ0n) is 11.7. The lowest BCUT2D eigenvalue weighted by Crippen LogP contribution is -2.19. The number of nitrogens with zero attached hydrogens (tertiary/aromatic N) is 2. The van der Waals surface area contributed by atoms with Crippen LogP contribution in [0.25, 0.3) is 11.0 Å². The van der Waals surface area contributed by atoms with Crippen LogP contribution in [-0.2, 0) is 6.54 Å². The molecule has 0 saturated heterocycles. The minimum absolute atomic E-state index is 0.0370. The molecule has 6 heteroatoms. The van der Waals surface area contributed by atoms with E-state index in [-0.39, 0.29) is 5.56 Å². The molecule has 0 amide bonds. The number of nitrogens with one attached hydrogen (secondary N) is 1. The predicted octanol–water partition coefficient (Wildman–Crippen LogP) is 2.41. The topological polar surface area (TPSA) is 76.7 Å². The van der Waals surface area contributed by atoms with Crippen molar-refractivity contribution >= 4 is 28.5 Å². The predicted molar refractivity (Wildman–Crippen MR) is 86.7 cm³/mol. The molecule has 0 unspecified atom stereocenters. The molecule has 0 aliphatic heterocycles. The monoisotopic (exact) mass is 300 g/mol. The Hall–Kier alpha value is -2.21. The summed E-state index contributed by atoms with van der Waals surface area (Å²) in [5, 5.41) is 0.868. The highest BCUT2D eigenvalue weighted by Crippen LogP contribution is 2.20. The number of nitrogens with two attached hydrogens (primary N) is 1. The van der Waals surface area contributed by atoms with Crippen LogP contribution in [0.2, 0.25) is 0 Å². The van der Waals surface area contributed by atoms with Gasteiger partial charge < -0.3 is 15.3 Å². The van der Waals surface area contributed by atoms with Crippen molar-refractivity contribution in [1.29, 1.82) is 0 Å². The molecule has 0 spiro atoms. The number of fused-ring (bicyclic) bond motifs is 1. The minimum atomic E-state index is -0.0370. The summed E-state index contributed by atoms with van der Waals surface area (Å²) in [6, 6.07) is 9.24. The number of pyridine rings is 1. The van der Waals surface area contributed by atoms with Crippen LogP contribution < -0.4 is 11.3 Å². The lowest BCUT2D eigenvalue weighted by atomic mass is 10.2. The minimum Gasteiger partial charge on any atom is -0.398 e. The molecular formula is C15H16N4OS. The SMILES string of the molecule is Cc1ccc2nc(SCCn3cc(N)ccc3=O)[nH]c2c1. The number of anilines is 1. The van der Waals surface area contributed by atoms with Gasteiger partial charge in [0.15, 0.2) is 5.16 Å². The van der Waals surface area contributed by atoms with E-state index in [2.05, 4.69) is 23.0 Å². The molecule has 21 heavy (non-hydrogen) atoms. The fourth-order valence-corrected chi connectivity index (χ4v) is 2.96. The van der Waals surface area contributed by atoms with Crippen LogP contribution in [-0.4, -0.2) is 20.3 Å². The number of hydrogen-bond donors (Lipinski definition) is 2. The van der Waals surface area contributed by atoms with Gasteiger partial charge in [-0.15, -0.1) is 0 Å².